The van der Waals surface area contributed by atoms with Gasteiger partial charge in [0.15, 0.2) is 0 Å². The van der Waals surface area contributed by atoms with E-state index in [0.717, 1.165) is 11.3 Å². The molecule has 0 aromatic heterocycles. The van der Waals surface area contributed by atoms with Crippen molar-refractivity contribution in [3.05, 3.63) is 65.0 Å². The number of thioether (sulfide) groups is 1. The summed E-state index contributed by atoms with van der Waals surface area (Å²) in [7, 11) is 0. The average Bonchev–Trinajstić information content (AvgIpc) is 2.45. The van der Waals surface area contributed by atoms with E-state index < -0.39 is 0 Å². The van der Waals surface area contributed by atoms with Crippen molar-refractivity contribution < 1.29 is 4.39 Å². The van der Waals surface area contributed by atoms with Crippen LogP contribution in [0.15, 0.2) is 47.4 Å². The van der Waals surface area contributed by atoms with Gasteiger partial charge in [-0.25, -0.2) is 4.39 Å². The zero-order valence-electron chi connectivity index (χ0n) is 11.7. The number of nitrogens with two attached hydrogens (primary N) is 1. The van der Waals surface area contributed by atoms with Crippen molar-refractivity contribution >= 4 is 11.8 Å². The summed E-state index contributed by atoms with van der Waals surface area (Å²) in [5.74, 6) is 6.24. The fraction of sp³-hybridized carbons (Fsp3) is 0.250. The Hall–Kier alpha value is -1.36. The first-order valence-corrected chi connectivity index (χ1v) is 7.50. The Bertz CT molecular complexity index is 569. The zero-order valence-corrected chi connectivity index (χ0v) is 12.5. The van der Waals surface area contributed by atoms with E-state index in [9.17, 15) is 4.39 Å². The van der Waals surface area contributed by atoms with E-state index in [1.807, 2.05) is 6.07 Å². The molecule has 0 fully saturated rings. The van der Waals surface area contributed by atoms with Crippen molar-refractivity contribution in [2.24, 2.45) is 5.84 Å². The molecule has 4 heteroatoms. The third-order valence-electron chi connectivity index (χ3n) is 3.22. The number of hydrazine groups is 1. The van der Waals surface area contributed by atoms with Gasteiger partial charge in [0, 0.05) is 10.6 Å². The minimum absolute atomic E-state index is 0.000558. The first-order chi connectivity index (χ1) is 9.60. The van der Waals surface area contributed by atoms with E-state index in [1.165, 1.54) is 16.5 Å². The molecule has 2 nitrogen and oxygen atoms in total. The summed E-state index contributed by atoms with van der Waals surface area (Å²) in [6, 6.07) is 13.5. The third kappa shape index (κ3) is 3.82. The second kappa shape index (κ2) is 6.88. The monoisotopic (exact) mass is 290 g/mol. The molecule has 0 aliphatic rings. The second-order valence-corrected chi connectivity index (χ2v) is 5.95. The van der Waals surface area contributed by atoms with E-state index in [4.69, 9.17) is 5.84 Å². The van der Waals surface area contributed by atoms with Gasteiger partial charge in [-0.15, -0.1) is 11.8 Å². The molecule has 106 valence electrons. The van der Waals surface area contributed by atoms with Crippen LogP contribution in [0.5, 0.6) is 0 Å². The molecule has 0 heterocycles. The molecule has 2 rings (SSSR count). The average molecular weight is 290 g/mol. The molecule has 0 saturated heterocycles. The SMILES string of the molecule is Cc1ccc(SCC(NN)c2ccc(F)c(C)c2)cc1. The molecule has 1 atom stereocenters. The van der Waals surface area contributed by atoms with Crippen LogP contribution in [0.3, 0.4) is 0 Å². The van der Waals surface area contributed by atoms with Crippen LogP contribution in [0.4, 0.5) is 4.39 Å². The molecular formula is C16H19FN2S. The fourth-order valence-electron chi connectivity index (χ4n) is 1.94. The smallest absolute Gasteiger partial charge is 0.126 e. The lowest BCUT2D eigenvalue weighted by molar-refractivity contribution is 0.596. The van der Waals surface area contributed by atoms with Gasteiger partial charge in [0.2, 0.25) is 0 Å². The Kier molecular flexibility index (Phi) is 5.17. The van der Waals surface area contributed by atoms with Gasteiger partial charge >= 0.3 is 0 Å². The number of benzene rings is 2. The normalized spacial score (nSPS) is 12.4. The van der Waals surface area contributed by atoms with E-state index in [1.54, 1.807) is 24.8 Å². The molecule has 3 N–H and O–H groups in total. The van der Waals surface area contributed by atoms with Gasteiger partial charge in [-0.05, 0) is 43.2 Å². The maximum atomic E-state index is 13.3. The summed E-state index contributed by atoms with van der Waals surface area (Å²) in [6.45, 7) is 3.83. The summed E-state index contributed by atoms with van der Waals surface area (Å²) in [6.07, 6.45) is 0. The molecule has 1 unspecified atom stereocenters. The van der Waals surface area contributed by atoms with Gasteiger partial charge in [-0.1, -0.05) is 29.8 Å². The lowest BCUT2D eigenvalue weighted by Crippen LogP contribution is -2.29. The highest BCUT2D eigenvalue weighted by molar-refractivity contribution is 7.99. The summed E-state index contributed by atoms with van der Waals surface area (Å²) in [4.78, 5) is 1.20. The summed E-state index contributed by atoms with van der Waals surface area (Å²) < 4.78 is 13.3. The largest absolute Gasteiger partial charge is 0.271 e. The van der Waals surface area contributed by atoms with Crippen molar-refractivity contribution in [1.29, 1.82) is 0 Å². The van der Waals surface area contributed by atoms with Gasteiger partial charge in [0.25, 0.3) is 0 Å². The summed E-state index contributed by atoms with van der Waals surface area (Å²) in [5.41, 5.74) is 5.70. The highest BCUT2D eigenvalue weighted by atomic mass is 32.2. The molecule has 0 amide bonds. The molecule has 0 bridgehead atoms. The van der Waals surface area contributed by atoms with Crippen LogP contribution < -0.4 is 11.3 Å². The molecular weight excluding hydrogens is 271 g/mol. The van der Waals surface area contributed by atoms with E-state index >= 15 is 0 Å². The van der Waals surface area contributed by atoms with Crippen molar-refractivity contribution in [3.63, 3.8) is 0 Å². The van der Waals surface area contributed by atoms with Gasteiger partial charge in [0.1, 0.15) is 5.82 Å². The van der Waals surface area contributed by atoms with Crippen LogP contribution in [-0.4, -0.2) is 5.75 Å². The Morgan fingerprint density at radius 2 is 1.85 bits per heavy atom. The highest BCUT2D eigenvalue weighted by Crippen LogP contribution is 2.25. The molecule has 0 aliphatic heterocycles. The fourth-order valence-corrected chi connectivity index (χ4v) is 2.92. The van der Waals surface area contributed by atoms with Crippen LogP contribution in [0.25, 0.3) is 0 Å². The molecule has 0 aliphatic carbocycles. The maximum Gasteiger partial charge on any atom is 0.126 e. The van der Waals surface area contributed by atoms with E-state index in [-0.39, 0.29) is 11.9 Å². The molecule has 2 aromatic carbocycles. The van der Waals surface area contributed by atoms with Crippen molar-refractivity contribution in [2.75, 3.05) is 5.75 Å². The number of halogens is 1. The topological polar surface area (TPSA) is 38.0 Å². The predicted molar refractivity (Wildman–Crippen MR) is 83.1 cm³/mol. The Labute approximate surface area is 123 Å². The van der Waals surface area contributed by atoms with Crippen LogP contribution in [-0.2, 0) is 0 Å². The second-order valence-electron chi connectivity index (χ2n) is 4.85. The van der Waals surface area contributed by atoms with Crippen molar-refractivity contribution in [3.8, 4) is 0 Å². The van der Waals surface area contributed by atoms with E-state index in [0.29, 0.717) is 5.56 Å². The Balaban J connectivity index is 2.05. The van der Waals surface area contributed by atoms with Crippen molar-refractivity contribution in [1.82, 2.24) is 5.43 Å². The zero-order chi connectivity index (χ0) is 14.5. The quantitative estimate of drug-likeness (QED) is 0.500. The molecule has 0 spiro atoms. The summed E-state index contributed by atoms with van der Waals surface area (Å²) in [5, 5.41) is 0. The lowest BCUT2D eigenvalue weighted by Gasteiger charge is -2.16. The maximum absolute atomic E-state index is 13.3. The lowest BCUT2D eigenvalue weighted by atomic mass is 10.1. The van der Waals surface area contributed by atoms with Crippen LogP contribution in [0, 0.1) is 19.7 Å². The Morgan fingerprint density at radius 1 is 1.15 bits per heavy atom. The molecule has 2 aromatic rings. The first-order valence-electron chi connectivity index (χ1n) is 6.52. The molecule has 0 radical (unpaired) electrons. The number of hydrogen-bond donors (Lipinski definition) is 2. The van der Waals surface area contributed by atoms with Gasteiger partial charge in [0.05, 0.1) is 6.04 Å². The predicted octanol–water partition coefficient (Wildman–Crippen LogP) is 3.74. The van der Waals surface area contributed by atoms with Gasteiger partial charge in [-0.2, -0.15) is 0 Å². The third-order valence-corrected chi connectivity index (χ3v) is 4.33. The number of nitrogens with one attached hydrogen (secondary N) is 1. The number of hydrogen-bond acceptors (Lipinski definition) is 3. The van der Waals surface area contributed by atoms with Crippen LogP contribution >= 0.6 is 11.8 Å². The molecule has 0 saturated carbocycles. The minimum Gasteiger partial charge on any atom is -0.271 e. The Morgan fingerprint density at radius 3 is 2.45 bits per heavy atom. The van der Waals surface area contributed by atoms with E-state index in [2.05, 4.69) is 36.6 Å². The van der Waals surface area contributed by atoms with Gasteiger partial charge in [-0.3, -0.25) is 11.3 Å². The minimum atomic E-state index is -0.185. The number of aryl methyl sites for hydroxylation is 2. The van der Waals surface area contributed by atoms with Crippen molar-refractivity contribution in [2.45, 2.75) is 24.8 Å². The van der Waals surface area contributed by atoms with Gasteiger partial charge < -0.3 is 0 Å². The standard InChI is InChI=1S/C16H19FN2S/c1-11-3-6-14(7-4-11)20-10-16(19-18)13-5-8-15(17)12(2)9-13/h3-9,16,19H,10,18H2,1-2H3. The summed E-state index contributed by atoms with van der Waals surface area (Å²) >= 11 is 1.73. The van der Waals surface area contributed by atoms with Crippen LogP contribution in [0.2, 0.25) is 0 Å². The van der Waals surface area contributed by atoms with Crippen LogP contribution in [0.1, 0.15) is 22.7 Å². The molecule has 20 heavy (non-hydrogen) atoms. The number of rotatable bonds is 5. The highest BCUT2D eigenvalue weighted by Gasteiger charge is 2.11. The first kappa shape index (κ1) is 15.0.